The molecule has 0 aliphatic heterocycles. The second-order valence-electron chi connectivity index (χ2n) is 6.57. The second-order valence-corrected chi connectivity index (χ2v) is 6.57. The Morgan fingerprint density at radius 1 is 0.846 bits per heavy atom. The largest absolute Gasteiger partial charge is 0.460 e. The van der Waals surface area contributed by atoms with E-state index in [4.69, 9.17) is 9.47 Å². The molecule has 1 fully saturated rings. The molecule has 1 aliphatic carbocycles. The van der Waals surface area contributed by atoms with Crippen LogP contribution in [0, 0.1) is 5.41 Å². The molecule has 135 valence electrons. The molecule has 0 bridgehead atoms. The summed E-state index contributed by atoms with van der Waals surface area (Å²) in [5.74, 6) is -1.34. The molecule has 0 N–H and O–H groups in total. The van der Waals surface area contributed by atoms with Gasteiger partial charge in [-0.2, -0.15) is 0 Å². The molecular formula is C21H21O5. The van der Waals surface area contributed by atoms with Crippen molar-refractivity contribution in [3.63, 3.8) is 0 Å². The molecule has 5 heteroatoms. The smallest absolute Gasteiger partial charge is 0.323 e. The summed E-state index contributed by atoms with van der Waals surface area (Å²) in [6, 6.07) is 18.4. The molecule has 2 aromatic carbocycles. The van der Waals surface area contributed by atoms with Crippen LogP contribution in [0.3, 0.4) is 0 Å². The van der Waals surface area contributed by atoms with Crippen LogP contribution in [0.25, 0.3) is 0 Å². The van der Waals surface area contributed by atoms with Crippen LogP contribution in [0.1, 0.15) is 30.4 Å². The van der Waals surface area contributed by atoms with E-state index < -0.39 is 23.5 Å². The quantitative estimate of drug-likeness (QED) is 0.589. The van der Waals surface area contributed by atoms with Crippen molar-refractivity contribution in [3.8, 4) is 0 Å². The lowest BCUT2D eigenvalue weighted by atomic mass is 9.86. The minimum Gasteiger partial charge on any atom is -0.460 e. The van der Waals surface area contributed by atoms with E-state index in [0.717, 1.165) is 11.1 Å². The number of carbonyl (C=O) groups is 2. The van der Waals surface area contributed by atoms with Crippen molar-refractivity contribution in [1.82, 2.24) is 0 Å². The molecule has 0 aromatic heterocycles. The van der Waals surface area contributed by atoms with Gasteiger partial charge in [-0.25, -0.2) is 5.11 Å². The van der Waals surface area contributed by atoms with Crippen molar-refractivity contribution in [1.29, 1.82) is 0 Å². The summed E-state index contributed by atoms with van der Waals surface area (Å²) in [6.07, 6.45) is -0.596. The molecule has 26 heavy (non-hydrogen) atoms. The lowest BCUT2D eigenvalue weighted by molar-refractivity contribution is -0.174. The van der Waals surface area contributed by atoms with E-state index in [1.165, 1.54) is 0 Å². The zero-order valence-electron chi connectivity index (χ0n) is 14.4. The van der Waals surface area contributed by atoms with Crippen LogP contribution in [0.2, 0.25) is 0 Å². The monoisotopic (exact) mass is 353 g/mol. The van der Waals surface area contributed by atoms with Crippen LogP contribution < -0.4 is 0 Å². The molecule has 5 nitrogen and oxygen atoms in total. The van der Waals surface area contributed by atoms with Gasteiger partial charge in [-0.3, -0.25) is 9.59 Å². The molecule has 1 unspecified atom stereocenters. The van der Waals surface area contributed by atoms with Gasteiger partial charge in [-0.15, -0.1) is 0 Å². The predicted octanol–water partition coefficient (Wildman–Crippen LogP) is 3.44. The number of carbonyl (C=O) groups excluding carboxylic acids is 2. The van der Waals surface area contributed by atoms with Crippen molar-refractivity contribution in [3.05, 3.63) is 71.8 Å². The molecule has 1 saturated carbocycles. The molecule has 0 amide bonds. The third kappa shape index (κ3) is 4.11. The Morgan fingerprint density at radius 3 is 1.69 bits per heavy atom. The Balaban J connectivity index is 1.67. The first-order valence-electron chi connectivity index (χ1n) is 8.68. The van der Waals surface area contributed by atoms with Gasteiger partial charge in [-0.05, 0) is 24.0 Å². The summed E-state index contributed by atoms with van der Waals surface area (Å²) in [7, 11) is 0. The Bertz CT molecular complexity index is 686. The van der Waals surface area contributed by atoms with Crippen molar-refractivity contribution in [2.24, 2.45) is 5.41 Å². The standard InChI is InChI=1S/C21H21O5/c22-18-11-12-21(13-18,19(23)25-14-16-7-3-1-4-8-16)20(24)26-15-17-9-5-2-6-10-17/h1-10,18H,11-15H2. The SMILES string of the molecule is [O]C1CCC(C(=O)OCc2ccccc2)(C(=O)OCc2ccccc2)C1. The van der Waals surface area contributed by atoms with E-state index in [2.05, 4.69) is 0 Å². The van der Waals surface area contributed by atoms with Crippen LogP contribution >= 0.6 is 0 Å². The number of hydrogen-bond donors (Lipinski definition) is 0. The minimum absolute atomic E-state index is 0.0664. The number of rotatable bonds is 6. The van der Waals surface area contributed by atoms with Crippen molar-refractivity contribution >= 4 is 11.9 Å². The Morgan fingerprint density at radius 2 is 1.31 bits per heavy atom. The fourth-order valence-electron chi connectivity index (χ4n) is 3.18. The zero-order valence-corrected chi connectivity index (χ0v) is 14.4. The van der Waals surface area contributed by atoms with Crippen molar-refractivity contribution < 1.29 is 24.2 Å². The summed E-state index contributed by atoms with van der Waals surface area (Å²) >= 11 is 0. The maximum atomic E-state index is 12.7. The van der Waals surface area contributed by atoms with E-state index >= 15 is 0 Å². The van der Waals surface area contributed by atoms with Gasteiger partial charge in [0.05, 0.1) is 6.10 Å². The van der Waals surface area contributed by atoms with Gasteiger partial charge >= 0.3 is 11.9 Å². The molecule has 3 rings (SSSR count). The van der Waals surface area contributed by atoms with Gasteiger partial charge in [-0.1, -0.05) is 60.7 Å². The number of ether oxygens (including phenoxy) is 2. The Labute approximate surface area is 152 Å². The fraction of sp³-hybridized carbons (Fsp3) is 0.333. The summed E-state index contributed by atoms with van der Waals surface area (Å²) in [4.78, 5) is 25.4. The molecule has 1 atom stereocenters. The van der Waals surface area contributed by atoms with E-state index in [0.29, 0.717) is 0 Å². The van der Waals surface area contributed by atoms with Crippen molar-refractivity contribution in [2.45, 2.75) is 38.6 Å². The van der Waals surface area contributed by atoms with Gasteiger partial charge in [0.15, 0.2) is 5.41 Å². The molecule has 0 spiro atoms. The number of hydrogen-bond acceptors (Lipinski definition) is 4. The average molecular weight is 353 g/mol. The number of esters is 2. The maximum absolute atomic E-state index is 12.7. The molecule has 0 saturated heterocycles. The highest BCUT2D eigenvalue weighted by Gasteiger charge is 2.54. The van der Waals surface area contributed by atoms with Crippen LogP contribution in [0.15, 0.2) is 60.7 Å². The highest BCUT2D eigenvalue weighted by molar-refractivity contribution is 6.00. The molecule has 0 heterocycles. The predicted molar refractivity (Wildman–Crippen MR) is 93.2 cm³/mol. The summed E-state index contributed by atoms with van der Waals surface area (Å²) in [6.45, 7) is 0.133. The maximum Gasteiger partial charge on any atom is 0.323 e. The average Bonchev–Trinajstić information content (AvgIpc) is 3.09. The molecular weight excluding hydrogens is 332 g/mol. The summed E-state index contributed by atoms with van der Waals surface area (Å²) in [5, 5.41) is 11.9. The summed E-state index contributed by atoms with van der Waals surface area (Å²) in [5.41, 5.74) is 0.159. The second kappa shape index (κ2) is 8.15. The minimum atomic E-state index is -1.49. The zero-order chi connectivity index (χ0) is 18.4. The Hall–Kier alpha value is -2.66. The van der Waals surface area contributed by atoms with Gasteiger partial charge in [0.25, 0.3) is 0 Å². The molecule has 1 aliphatic rings. The Kier molecular flexibility index (Phi) is 5.68. The van der Waals surface area contributed by atoms with E-state index in [-0.39, 0.29) is 32.5 Å². The van der Waals surface area contributed by atoms with Crippen LogP contribution in [0.5, 0.6) is 0 Å². The topological polar surface area (TPSA) is 72.5 Å². The van der Waals surface area contributed by atoms with Gasteiger partial charge < -0.3 is 9.47 Å². The first-order valence-corrected chi connectivity index (χ1v) is 8.68. The van der Waals surface area contributed by atoms with E-state index in [1.54, 1.807) is 0 Å². The highest BCUT2D eigenvalue weighted by atomic mass is 16.6. The van der Waals surface area contributed by atoms with E-state index in [1.807, 2.05) is 60.7 Å². The van der Waals surface area contributed by atoms with E-state index in [9.17, 15) is 14.7 Å². The normalized spacial score (nSPS) is 18.3. The van der Waals surface area contributed by atoms with Gasteiger partial charge in [0.1, 0.15) is 13.2 Å². The third-order valence-electron chi connectivity index (χ3n) is 4.68. The first-order chi connectivity index (χ1) is 12.6. The molecule has 1 radical (unpaired) electrons. The van der Waals surface area contributed by atoms with Crippen molar-refractivity contribution in [2.75, 3.05) is 0 Å². The highest BCUT2D eigenvalue weighted by Crippen LogP contribution is 2.41. The van der Waals surface area contributed by atoms with Crippen LogP contribution in [0.4, 0.5) is 0 Å². The van der Waals surface area contributed by atoms with Gasteiger partial charge in [0.2, 0.25) is 0 Å². The number of benzene rings is 2. The lowest BCUT2D eigenvalue weighted by Gasteiger charge is -2.24. The third-order valence-corrected chi connectivity index (χ3v) is 4.68. The lowest BCUT2D eigenvalue weighted by Crippen LogP contribution is -2.40. The molecule has 2 aromatic rings. The van der Waals surface area contributed by atoms with Crippen LogP contribution in [-0.4, -0.2) is 18.0 Å². The first kappa shape index (κ1) is 18.1. The van der Waals surface area contributed by atoms with Crippen LogP contribution in [-0.2, 0) is 37.4 Å². The fourth-order valence-corrected chi connectivity index (χ4v) is 3.18. The van der Waals surface area contributed by atoms with Gasteiger partial charge in [0, 0.05) is 6.42 Å². The summed E-state index contributed by atoms with van der Waals surface area (Å²) < 4.78 is 10.7.